The fourth-order valence-corrected chi connectivity index (χ4v) is 4.26. The maximum absolute atomic E-state index is 12.5. The third kappa shape index (κ3) is 3.01. The van der Waals surface area contributed by atoms with E-state index < -0.39 is 17.8 Å². The van der Waals surface area contributed by atoms with Crippen LogP contribution in [0.5, 0.6) is 0 Å². The Kier molecular flexibility index (Phi) is 4.46. The van der Waals surface area contributed by atoms with Gasteiger partial charge in [-0.2, -0.15) is 0 Å². The molecule has 2 bridgehead atoms. The first kappa shape index (κ1) is 15.1. The third-order valence-corrected chi connectivity index (χ3v) is 5.35. The molecule has 0 saturated heterocycles. The monoisotopic (exact) mass is 300 g/mol. The molecule has 0 unspecified atom stereocenters. The molecular formula is C18H22NO3-. The molecule has 2 atom stereocenters. The van der Waals surface area contributed by atoms with E-state index in [1.165, 1.54) is 5.56 Å². The number of carboxylic acids is 1. The van der Waals surface area contributed by atoms with Crippen LogP contribution in [0, 0.1) is 23.7 Å². The predicted molar refractivity (Wildman–Crippen MR) is 80.6 cm³/mol. The van der Waals surface area contributed by atoms with Crippen LogP contribution in [-0.2, 0) is 16.0 Å². The molecule has 1 aromatic rings. The Balaban J connectivity index is 1.59. The number of aliphatic carboxylic acids is 1. The normalized spacial score (nSPS) is 30.0. The van der Waals surface area contributed by atoms with Crippen molar-refractivity contribution in [1.29, 1.82) is 0 Å². The van der Waals surface area contributed by atoms with Crippen LogP contribution >= 0.6 is 0 Å². The number of carbonyl (C=O) groups excluding carboxylic acids is 2. The van der Waals surface area contributed by atoms with E-state index in [9.17, 15) is 14.7 Å². The van der Waals surface area contributed by atoms with E-state index in [0.29, 0.717) is 6.54 Å². The minimum Gasteiger partial charge on any atom is -0.550 e. The van der Waals surface area contributed by atoms with Gasteiger partial charge in [-0.25, -0.2) is 0 Å². The summed E-state index contributed by atoms with van der Waals surface area (Å²) >= 11 is 0. The molecule has 0 spiro atoms. The van der Waals surface area contributed by atoms with Gasteiger partial charge in [0, 0.05) is 24.3 Å². The molecule has 3 saturated carbocycles. The highest BCUT2D eigenvalue weighted by atomic mass is 16.4. The van der Waals surface area contributed by atoms with E-state index in [2.05, 4.69) is 5.32 Å². The standard InChI is InChI=1S/C18H23NO3/c20-17(19-11-10-12-4-2-1-3-5-12)15-13-6-8-14(9-7-13)16(15)18(21)22/h1-5,13-16H,6-11H2,(H,19,20)(H,21,22)/p-1/t13?,14?,15-,16+/m0/s1. The number of hydrogen-bond acceptors (Lipinski definition) is 3. The van der Waals surface area contributed by atoms with Gasteiger partial charge in [0.15, 0.2) is 0 Å². The van der Waals surface area contributed by atoms with Crippen molar-refractivity contribution in [1.82, 2.24) is 5.32 Å². The lowest BCUT2D eigenvalue weighted by Crippen LogP contribution is -2.54. The molecule has 3 aliphatic carbocycles. The average molecular weight is 300 g/mol. The zero-order chi connectivity index (χ0) is 15.5. The molecule has 0 radical (unpaired) electrons. The highest BCUT2D eigenvalue weighted by Gasteiger charge is 2.47. The number of fused-ring (bicyclic) bond motifs is 3. The Bertz CT molecular complexity index is 535. The molecule has 0 heterocycles. The fraction of sp³-hybridized carbons (Fsp3) is 0.556. The number of carbonyl (C=O) groups is 2. The van der Waals surface area contributed by atoms with E-state index in [1.807, 2.05) is 30.3 Å². The number of rotatable bonds is 5. The summed E-state index contributed by atoms with van der Waals surface area (Å²) in [4.78, 5) is 24.0. The second-order valence-corrected chi connectivity index (χ2v) is 6.57. The van der Waals surface area contributed by atoms with E-state index in [-0.39, 0.29) is 17.7 Å². The van der Waals surface area contributed by atoms with Crippen LogP contribution in [0.4, 0.5) is 0 Å². The van der Waals surface area contributed by atoms with Gasteiger partial charge in [-0.05, 0) is 49.5 Å². The first-order chi connectivity index (χ1) is 10.7. The zero-order valence-electron chi connectivity index (χ0n) is 12.7. The van der Waals surface area contributed by atoms with Crippen LogP contribution in [0.2, 0.25) is 0 Å². The molecule has 4 rings (SSSR count). The number of amides is 1. The van der Waals surface area contributed by atoms with Crippen LogP contribution in [0.1, 0.15) is 31.2 Å². The summed E-state index contributed by atoms with van der Waals surface area (Å²) < 4.78 is 0. The molecule has 118 valence electrons. The molecule has 1 amide bonds. The maximum atomic E-state index is 12.5. The molecule has 22 heavy (non-hydrogen) atoms. The number of carboxylic acid groups (broad SMARTS) is 1. The summed E-state index contributed by atoms with van der Waals surface area (Å²) in [6.07, 6.45) is 4.58. The Labute approximate surface area is 130 Å². The van der Waals surface area contributed by atoms with E-state index in [1.54, 1.807) is 0 Å². The zero-order valence-corrected chi connectivity index (χ0v) is 12.7. The summed E-state index contributed by atoms with van der Waals surface area (Å²) in [5.74, 6) is -1.79. The summed E-state index contributed by atoms with van der Waals surface area (Å²) in [5, 5.41) is 14.4. The largest absolute Gasteiger partial charge is 0.550 e. The molecule has 1 N–H and O–H groups in total. The molecule has 1 aromatic carbocycles. The summed E-state index contributed by atoms with van der Waals surface area (Å²) in [7, 11) is 0. The van der Waals surface area contributed by atoms with Crippen molar-refractivity contribution in [3.8, 4) is 0 Å². The van der Waals surface area contributed by atoms with Gasteiger partial charge < -0.3 is 15.2 Å². The maximum Gasteiger partial charge on any atom is 0.224 e. The van der Waals surface area contributed by atoms with Gasteiger partial charge >= 0.3 is 0 Å². The van der Waals surface area contributed by atoms with Crippen LogP contribution in [0.15, 0.2) is 30.3 Å². The average Bonchev–Trinajstić information content (AvgIpc) is 2.55. The van der Waals surface area contributed by atoms with Crippen molar-refractivity contribution in [2.24, 2.45) is 23.7 Å². The highest BCUT2D eigenvalue weighted by Crippen LogP contribution is 2.48. The van der Waals surface area contributed by atoms with Crippen LogP contribution in [0.3, 0.4) is 0 Å². The molecule has 3 fully saturated rings. The molecule has 4 nitrogen and oxygen atoms in total. The van der Waals surface area contributed by atoms with Crippen molar-refractivity contribution in [3.63, 3.8) is 0 Å². The Morgan fingerprint density at radius 3 is 2.18 bits per heavy atom. The molecule has 3 aliphatic rings. The number of nitrogens with one attached hydrogen (secondary N) is 1. The lowest BCUT2D eigenvalue weighted by molar-refractivity contribution is -0.318. The minimum absolute atomic E-state index is 0.0977. The third-order valence-electron chi connectivity index (χ3n) is 5.35. The van der Waals surface area contributed by atoms with Gasteiger partial charge in [0.2, 0.25) is 5.91 Å². The SMILES string of the molecule is O=C([O-])[C@@H]1C2CCC(CC2)[C@@H]1C(=O)NCCc1ccccc1. The van der Waals surface area contributed by atoms with E-state index >= 15 is 0 Å². The van der Waals surface area contributed by atoms with E-state index in [4.69, 9.17) is 0 Å². The van der Waals surface area contributed by atoms with Crippen molar-refractivity contribution in [2.45, 2.75) is 32.1 Å². The van der Waals surface area contributed by atoms with Crippen molar-refractivity contribution < 1.29 is 14.7 Å². The number of benzene rings is 1. The first-order valence-corrected chi connectivity index (χ1v) is 8.19. The second-order valence-electron chi connectivity index (χ2n) is 6.57. The van der Waals surface area contributed by atoms with Crippen molar-refractivity contribution >= 4 is 11.9 Å². The topological polar surface area (TPSA) is 69.2 Å². The molecular weight excluding hydrogens is 278 g/mol. The summed E-state index contributed by atoms with van der Waals surface area (Å²) in [6, 6.07) is 9.97. The van der Waals surface area contributed by atoms with Gasteiger partial charge in [-0.3, -0.25) is 4.79 Å². The molecule has 0 aromatic heterocycles. The predicted octanol–water partition coefficient (Wildman–Crippen LogP) is 1.15. The lowest BCUT2D eigenvalue weighted by Gasteiger charge is -2.48. The highest BCUT2D eigenvalue weighted by molar-refractivity contribution is 5.85. The second kappa shape index (κ2) is 6.51. The van der Waals surface area contributed by atoms with E-state index in [0.717, 1.165) is 32.1 Å². The van der Waals surface area contributed by atoms with Gasteiger partial charge in [0.25, 0.3) is 0 Å². The first-order valence-electron chi connectivity index (χ1n) is 8.19. The number of hydrogen-bond donors (Lipinski definition) is 1. The quantitative estimate of drug-likeness (QED) is 0.887. The fourth-order valence-electron chi connectivity index (χ4n) is 4.26. The van der Waals surface area contributed by atoms with Gasteiger partial charge in [0.05, 0.1) is 0 Å². The Hall–Kier alpha value is -1.84. The Morgan fingerprint density at radius 1 is 1.00 bits per heavy atom. The summed E-state index contributed by atoms with van der Waals surface area (Å²) in [6.45, 7) is 0.552. The van der Waals surface area contributed by atoms with Crippen molar-refractivity contribution in [3.05, 3.63) is 35.9 Å². The van der Waals surface area contributed by atoms with Gasteiger partial charge in [-0.15, -0.1) is 0 Å². The van der Waals surface area contributed by atoms with Crippen molar-refractivity contribution in [2.75, 3.05) is 6.54 Å². The van der Waals surface area contributed by atoms with Crippen LogP contribution in [0.25, 0.3) is 0 Å². The van der Waals surface area contributed by atoms with Gasteiger partial charge in [-0.1, -0.05) is 30.3 Å². The minimum atomic E-state index is -1.04. The van der Waals surface area contributed by atoms with Crippen LogP contribution < -0.4 is 10.4 Å². The smallest absolute Gasteiger partial charge is 0.224 e. The molecule has 4 heteroatoms. The lowest BCUT2D eigenvalue weighted by atomic mass is 9.58. The molecule has 0 aliphatic heterocycles. The van der Waals surface area contributed by atoms with Crippen LogP contribution in [-0.4, -0.2) is 18.4 Å². The summed E-state index contributed by atoms with van der Waals surface area (Å²) in [5.41, 5.74) is 1.17. The van der Waals surface area contributed by atoms with Gasteiger partial charge in [0.1, 0.15) is 0 Å². The Morgan fingerprint density at radius 2 is 1.59 bits per heavy atom.